The first kappa shape index (κ1) is 17.2. The van der Waals surface area contributed by atoms with Crippen LogP contribution in [0.5, 0.6) is 0 Å². The number of aliphatic hydroxyl groups is 2. The zero-order valence-electron chi connectivity index (χ0n) is 12.7. The lowest BCUT2D eigenvalue weighted by Crippen LogP contribution is -2.42. The van der Waals surface area contributed by atoms with Gasteiger partial charge in [-0.1, -0.05) is 5.11 Å². The summed E-state index contributed by atoms with van der Waals surface area (Å²) in [5, 5.41) is 21.8. The Morgan fingerprint density at radius 3 is 2.83 bits per heavy atom. The number of aromatic nitrogens is 2. The van der Waals surface area contributed by atoms with Crippen LogP contribution in [0.4, 0.5) is 0 Å². The van der Waals surface area contributed by atoms with Gasteiger partial charge < -0.3 is 14.9 Å². The van der Waals surface area contributed by atoms with Crippen molar-refractivity contribution in [2.75, 3.05) is 13.2 Å². The van der Waals surface area contributed by atoms with Crippen molar-refractivity contribution >= 4 is 0 Å². The van der Waals surface area contributed by atoms with Gasteiger partial charge in [0.1, 0.15) is 6.23 Å². The molecule has 0 bridgehead atoms. The molecule has 0 aromatic carbocycles. The molecule has 0 saturated carbocycles. The van der Waals surface area contributed by atoms with Gasteiger partial charge in [-0.15, -0.1) is 0 Å². The van der Waals surface area contributed by atoms with E-state index in [4.69, 9.17) is 15.4 Å². The predicted octanol–water partition coefficient (Wildman–Crippen LogP) is -0.340. The van der Waals surface area contributed by atoms with Gasteiger partial charge in [-0.3, -0.25) is 13.9 Å². The third kappa shape index (κ3) is 3.45. The summed E-state index contributed by atoms with van der Waals surface area (Å²) in [6.07, 6.45) is 0.491. The average molecular weight is 325 g/mol. The highest BCUT2D eigenvalue weighted by molar-refractivity contribution is 5.04. The van der Waals surface area contributed by atoms with E-state index in [1.807, 2.05) is 0 Å². The molecule has 0 radical (unpaired) electrons. The van der Waals surface area contributed by atoms with Crippen LogP contribution in [0.3, 0.4) is 0 Å². The molecule has 2 rings (SSSR count). The van der Waals surface area contributed by atoms with E-state index in [0.717, 1.165) is 4.57 Å². The fraction of sp³-hybridized carbons (Fsp3) is 0.692. The molecule has 1 saturated heterocycles. The minimum Gasteiger partial charge on any atom is -0.396 e. The van der Waals surface area contributed by atoms with Gasteiger partial charge in [-0.2, -0.15) is 0 Å². The van der Waals surface area contributed by atoms with Gasteiger partial charge in [0.2, 0.25) is 0 Å². The number of aryl methyl sites for hydroxylation is 1. The smallest absolute Gasteiger partial charge is 0.333 e. The summed E-state index contributed by atoms with van der Waals surface area (Å²) >= 11 is 0. The normalized spacial score (nSPS) is 23.7. The molecule has 1 unspecified atom stereocenters. The summed E-state index contributed by atoms with van der Waals surface area (Å²) in [6, 6.07) is -0.583. The van der Waals surface area contributed by atoms with Gasteiger partial charge >= 0.3 is 5.69 Å². The van der Waals surface area contributed by atoms with Crippen molar-refractivity contribution in [3.8, 4) is 0 Å². The van der Waals surface area contributed by atoms with Crippen molar-refractivity contribution < 1.29 is 14.9 Å². The molecular weight excluding hydrogens is 306 g/mol. The first-order valence-corrected chi connectivity index (χ1v) is 7.27. The minimum atomic E-state index is -0.727. The lowest BCUT2D eigenvalue weighted by atomic mass is 10.1. The second kappa shape index (κ2) is 7.42. The monoisotopic (exact) mass is 325 g/mol. The van der Waals surface area contributed by atoms with Gasteiger partial charge in [0.25, 0.3) is 5.56 Å². The Morgan fingerprint density at radius 1 is 1.48 bits per heavy atom. The summed E-state index contributed by atoms with van der Waals surface area (Å²) < 4.78 is 7.89. The number of azide groups is 1. The molecule has 0 aliphatic carbocycles. The number of aliphatic hydroxyl groups excluding tert-OH is 2. The maximum absolute atomic E-state index is 12.5. The summed E-state index contributed by atoms with van der Waals surface area (Å²) in [4.78, 5) is 27.3. The van der Waals surface area contributed by atoms with Crippen LogP contribution < -0.4 is 11.2 Å². The van der Waals surface area contributed by atoms with Gasteiger partial charge in [-0.25, -0.2) is 4.79 Å². The van der Waals surface area contributed by atoms with E-state index in [2.05, 4.69) is 10.0 Å². The van der Waals surface area contributed by atoms with Crippen molar-refractivity contribution in [3.63, 3.8) is 0 Å². The van der Waals surface area contributed by atoms with Crippen LogP contribution in [0.15, 0.2) is 20.9 Å². The van der Waals surface area contributed by atoms with E-state index in [9.17, 15) is 14.7 Å². The van der Waals surface area contributed by atoms with Crippen LogP contribution in [0.1, 0.15) is 24.6 Å². The molecule has 2 N–H and O–H groups in total. The molecule has 0 amide bonds. The molecular formula is C13H19N5O5. The quantitative estimate of drug-likeness (QED) is 0.418. The van der Waals surface area contributed by atoms with Crippen molar-refractivity contribution in [2.24, 2.45) is 5.11 Å². The van der Waals surface area contributed by atoms with E-state index in [0.29, 0.717) is 5.56 Å². The second-order valence-electron chi connectivity index (χ2n) is 5.36. The first-order chi connectivity index (χ1) is 11.0. The van der Waals surface area contributed by atoms with Gasteiger partial charge in [0.05, 0.1) is 18.8 Å². The molecule has 2 heterocycles. The molecule has 23 heavy (non-hydrogen) atoms. The highest BCUT2D eigenvalue weighted by Crippen LogP contribution is 2.29. The fourth-order valence-electron chi connectivity index (χ4n) is 2.63. The Bertz CT molecular complexity index is 720. The van der Waals surface area contributed by atoms with Gasteiger partial charge in [0.15, 0.2) is 0 Å². The molecule has 10 heteroatoms. The van der Waals surface area contributed by atoms with E-state index in [-0.39, 0.29) is 32.6 Å². The zero-order valence-corrected chi connectivity index (χ0v) is 12.7. The van der Waals surface area contributed by atoms with Crippen LogP contribution in [0.25, 0.3) is 10.4 Å². The summed E-state index contributed by atoms with van der Waals surface area (Å²) in [6.45, 7) is 1.21. The van der Waals surface area contributed by atoms with Gasteiger partial charge in [0, 0.05) is 36.2 Å². The fourth-order valence-corrected chi connectivity index (χ4v) is 2.63. The Hall–Kier alpha value is -2.13. The molecule has 126 valence electrons. The number of hydrogen-bond acceptors (Lipinski definition) is 6. The zero-order chi connectivity index (χ0) is 17.0. The lowest BCUT2D eigenvalue weighted by molar-refractivity contribution is -0.0277. The Balaban J connectivity index is 2.40. The standard InChI is InChI=1S/C13H19N5O5/c1-8-6-18(13(22)17(12(8)21)3-2-4-19)11-5-9(15-16-14)10(7-20)23-11/h6,9-11,19-20H,2-5,7H2,1H3/t9?,10-,11-/m1/s1. The molecule has 1 fully saturated rings. The van der Waals surface area contributed by atoms with Crippen LogP contribution in [-0.2, 0) is 11.3 Å². The van der Waals surface area contributed by atoms with E-state index in [1.54, 1.807) is 6.92 Å². The van der Waals surface area contributed by atoms with Crippen LogP contribution in [0, 0.1) is 6.92 Å². The molecule has 1 aromatic rings. The molecule has 10 nitrogen and oxygen atoms in total. The maximum atomic E-state index is 12.5. The third-order valence-electron chi connectivity index (χ3n) is 3.80. The third-order valence-corrected chi connectivity index (χ3v) is 3.80. The van der Waals surface area contributed by atoms with Crippen molar-refractivity contribution in [3.05, 3.63) is 43.0 Å². The number of nitrogens with zero attached hydrogens (tertiary/aromatic N) is 5. The van der Waals surface area contributed by atoms with Gasteiger partial charge in [-0.05, 0) is 18.9 Å². The SMILES string of the molecule is Cc1cn([C@H]2CC(N=[N+]=[N-])[C@@H](CO)O2)c(=O)n(CCCO)c1=O. The number of rotatable bonds is 6. The van der Waals surface area contributed by atoms with Crippen molar-refractivity contribution in [1.29, 1.82) is 0 Å². The second-order valence-corrected chi connectivity index (χ2v) is 5.36. The molecule has 1 aliphatic rings. The lowest BCUT2D eigenvalue weighted by Gasteiger charge is -2.17. The summed E-state index contributed by atoms with van der Waals surface area (Å²) in [7, 11) is 0. The first-order valence-electron chi connectivity index (χ1n) is 7.27. The van der Waals surface area contributed by atoms with Crippen molar-refractivity contribution in [1.82, 2.24) is 9.13 Å². The van der Waals surface area contributed by atoms with E-state index < -0.39 is 29.6 Å². The predicted molar refractivity (Wildman–Crippen MR) is 79.9 cm³/mol. The largest absolute Gasteiger partial charge is 0.396 e. The number of hydrogen-bond donors (Lipinski definition) is 2. The van der Waals surface area contributed by atoms with Crippen LogP contribution >= 0.6 is 0 Å². The highest BCUT2D eigenvalue weighted by atomic mass is 16.5. The van der Waals surface area contributed by atoms with Crippen molar-refractivity contribution in [2.45, 2.75) is 44.7 Å². The molecule has 3 atom stereocenters. The Labute approximate surface area is 131 Å². The molecule has 0 spiro atoms. The Kier molecular flexibility index (Phi) is 5.56. The molecule has 1 aliphatic heterocycles. The highest BCUT2D eigenvalue weighted by Gasteiger charge is 2.36. The van der Waals surface area contributed by atoms with Crippen LogP contribution in [-0.4, -0.2) is 44.7 Å². The average Bonchev–Trinajstić information content (AvgIpc) is 2.94. The maximum Gasteiger partial charge on any atom is 0.333 e. The number of ether oxygens (including phenoxy) is 1. The van der Waals surface area contributed by atoms with E-state index >= 15 is 0 Å². The summed E-state index contributed by atoms with van der Waals surface area (Å²) in [5.41, 5.74) is 7.94. The molecule has 1 aromatic heterocycles. The van der Waals surface area contributed by atoms with E-state index in [1.165, 1.54) is 10.8 Å². The Morgan fingerprint density at radius 2 is 2.22 bits per heavy atom. The minimum absolute atomic E-state index is 0.103. The van der Waals surface area contributed by atoms with Crippen LogP contribution in [0.2, 0.25) is 0 Å². The summed E-state index contributed by atoms with van der Waals surface area (Å²) in [5.74, 6) is 0. The topological polar surface area (TPSA) is 142 Å².